The zero-order valence-electron chi connectivity index (χ0n) is 17.9. The summed E-state index contributed by atoms with van der Waals surface area (Å²) in [5.41, 5.74) is 2.52. The van der Waals surface area contributed by atoms with Crippen LogP contribution in [0.2, 0.25) is 0 Å². The molecule has 0 spiro atoms. The lowest BCUT2D eigenvalue weighted by atomic mass is 10.0. The number of amides is 1. The van der Waals surface area contributed by atoms with E-state index in [1.165, 1.54) is 12.1 Å². The summed E-state index contributed by atoms with van der Waals surface area (Å²) in [4.78, 5) is 23.6. The summed E-state index contributed by atoms with van der Waals surface area (Å²) < 4.78 is 0. The van der Waals surface area contributed by atoms with E-state index in [4.69, 9.17) is 0 Å². The van der Waals surface area contributed by atoms with Gasteiger partial charge in [0, 0.05) is 23.2 Å². The number of phenolic OH excluding ortho intramolecular Hbond substituents is 1. The second-order valence-corrected chi connectivity index (χ2v) is 7.54. The third-order valence-corrected chi connectivity index (χ3v) is 5.29. The molecular formula is C25H20N4O4. The van der Waals surface area contributed by atoms with Gasteiger partial charge in [0.05, 0.1) is 16.2 Å². The van der Waals surface area contributed by atoms with Gasteiger partial charge in [-0.15, -0.1) is 10.2 Å². The van der Waals surface area contributed by atoms with Gasteiger partial charge in [0.15, 0.2) is 5.75 Å². The number of nitrogens with one attached hydrogen (secondary N) is 1. The number of nitro groups is 1. The molecule has 2 N–H and O–H groups in total. The molecule has 0 fully saturated rings. The van der Waals surface area contributed by atoms with Gasteiger partial charge in [-0.2, -0.15) is 0 Å². The van der Waals surface area contributed by atoms with Gasteiger partial charge < -0.3 is 10.4 Å². The fraction of sp³-hybridized carbons (Fsp3) is 0.0800. The van der Waals surface area contributed by atoms with E-state index >= 15 is 0 Å². The summed E-state index contributed by atoms with van der Waals surface area (Å²) in [6, 6.07) is 20.4. The molecule has 0 aliphatic carbocycles. The Bertz CT molecular complexity index is 1430. The van der Waals surface area contributed by atoms with Gasteiger partial charge in [-0.05, 0) is 42.5 Å². The van der Waals surface area contributed by atoms with E-state index in [1.807, 2.05) is 31.2 Å². The van der Waals surface area contributed by atoms with Crippen LogP contribution >= 0.6 is 0 Å². The van der Waals surface area contributed by atoms with E-state index < -0.39 is 10.8 Å². The number of nitro benzene ring substituents is 1. The second-order valence-electron chi connectivity index (χ2n) is 7.54. The average Bonchev–Trinajstić information content (AvgIpc) is 2.80. The van der Waals surface area contributed by atoms with Crippen LogP contribution in [0.25, 0.3) is 10.8 Å². The third kappa shape index (κ3) is 4.40. The highest BCUT2D eigenvalue weighted by molar-refractivity contribution is 6.11. The van der Waals surface area contributed by atoms with Crippen LogP contribution in [0.15, 0.2) is 83.0 Å². The number of phenols is 1. The van der Waals surface area contributed by atoms with Gasteiger partial charge in [-0.1, -0.05) is 48.5 Å². The molecule has 164 valence electrons. The minimum atomic E-state index is -0.512. The Labute approximate surface area is 189 Å². The van der Waals surface area contributed by atoms with Crippen molar-refractivity contribution in [1.29, 1.82) is 0 Å². The first kappa shape index (κ1) is 21.6. The predicted octanol–water partition coefficient (Wildman–Crippen LogP) is 6.74. The number of rotatable bonds is 5. The van der Waals surface area contributed by atoms with Crippen molar-refractivity contribution in [3.05, 3.63) is 99.6 Å². The molecule has 1 amide bonds. The van der Waals surface area contributed by atoms with Crippen LogP contribution in [0.4, 0.5) is 22.7 Å². The standard InChI is InChI=1S/C25H20N4O4/c1-15-7-3-6-10-21(15)26-25(31)20-13-17-8-4-5-9-19(17)23(24(20)30)28-27-22-14-18(29(32)33)12-11-16(22)2/h3-14,30H,1-2H3,(H,26,31). The summed E-state index contributed by atoms with van der Waals surface area (Å²) in [7, 11) is 0. The number of azo groups is 1. The van der Waals surface area contributed by atoms with Crippen LogP contribution in [-0.2, 0) is 0 Å². The number of para-hydroxylation sites is 1. The predicted molar refractivity (Wildman–Crippen MR) is 127 cm³/mol. The van der Waals surface area contributed by atoms with Crippen LogP contribution in [0, 0.1) is 24.0 Å². The van der Waals surface area contributed by atoms with E-state index in [9.17, 15) is 20.0 Å². The fourth-order valence-corrected chi connectivity index (χ4v) is 3.42. The van der Waals surface area contributed by atoms with Crippen molar-refractivity contribution in [3.63, 3.8) is 0 Å². The fourth-order valence-electron chi connectivity index (χ4n) is 3.42. The molecule has 0 aliphatic rings. The molecule has 4 aromatic rings. The van der Waals surface area contributed by atoms with Gasteiger partial charge in [-0.3, -0.25) is 14.9 Å². The first-order valence-electron chi connectivity index (χ1n) is 10.1. The molecule has 0 saturated heterocycles. The zero-order valence-corrected chi connectivity index (χ0v) is 17.9. The van der Waals surface area contributed by atoms with E-state index in [0.29, 0.717) is 27.7 Å². The highest BCUT2D eigenvalue weighted by Gasteiger charge is 2.19. The van der Waals surface area contributed by atoms with Gasteiger partial charge >= 0.3 is 0 Å². The zero-order chi connectivity index (χ0) is 23.5. The van der Waals surface area contributed by atoms with Crippen LogP contribution in [0.3, 0.4) is 0 Å². The molecular weight excluding hydrogens is 420 g/mol. The summed E-state index contributed by atoms with van der Waals surface area (Å²) in [6.45, 7) is 3.62. The maximum atomic E-state index is 13.0. The quantitative estimate of drug-likeness (QED) is 0.203. The molecule has 0 saturated carbocycles. The van der Waals surface area contributed by atoms with Gasteiger partial charge in [0.1, 0.15) is 5.69 Å². The molecule has 4 rings (SSSR count). The first-order valence-corrected chi connectivity index (χ1v) is 10.1. The Morgan fingerprint density at radius 3 is 2.42 bits per heavy atom. The number of carbonyl (C=O) groups is 1. The molecule has 0 heterocycles. The van der Waals surface area contributed by atoms with Crippen LogP contribution < -0.4 is 5.32 Å². The largest absolute Gasteiger partial charge is 0.505 e. The highest BCUT2D eigenvalue weighted by Crippen LogP contribution is 2.40. The molecule has 33 heavy (non-hydrogen) atoms. The molecule has 8 heteroatoms. The smallest absolute Gasteiger partial charge is 0.271 e. The number of non-ortho nitro benzene ring substituents is 1. The van der Waals surface area contributed by atoms with Crippen molar-refractivity contribution in [2.45, 2.75) is 13.8 Å². The molecule has 0 radical (unpaired) electrons. The van der Waals surface area contributed by atoms with Crippen LogP contribution in [0.1, 0.15) is 21.5 Å². The lowest BCUT2D eigenvalue weighted by Gasteiger charge is -2.12. The average molecular weight is 440 g/mol. The van der Waals surface area contributed by atoms with E-state index in [-0.39, 0.29) is 22.7 Å². The van der Waals surface area contributed by atoms with E-state index in [2.05, 4.69) is 15.5 Å². The molecule has 0 aromatic heterocycles. The van der Waals surface area contributed by atoms with E-state index in [0.717, 1.165) is 5.56 Å². The number of anilines is 1. The molecule has 0 aliphatic heterocycles. The normalized spacial score (nSPS) is 11.1. The Morgan fingerprint density at radius 2 is 1.67 bits per heavy atom. The molecule has 8 nitrogen and oxygen atoms in total. The molecule has 4 aromatic carbocycles. The lowest BCUT2D eigenvalue weighted by Crippen LogP contribution is -2.13. The van der Waals surface area contributed by atoms with Crippen LogP contribution in [-0.4, -0.2) is 15.9 Å². The van der Waals surface area contributed by atoms with Gasteiger partial charge in [0.2, 0.25) is 0 Å². The number of carbonyl (C=O) groups excluding carboxylic acids is 1. The highest BCUT2D eigenvalue weighted by atomic mass is 16.6. The summed E-state index contributed by atoms with van der Waals surface area (Å²) in [6.07, 6.45) is 0. The maximum absolute atomic E-state index is 13.0. The number of nitrogens with zero attached hydrogens (tertiary/aromatic N) is 3. The SMILES string of the molecule is Cc1ccc([N+](=O)[O-])cc1N=Nc1c(O)c(C(=O)Nc2ccccc2C)cc2ccccc12. The number of benzene rings is 4. The van der Waals surface area contributed by atoms with Crippen molar-refractivity contribution in [3.8, 4) is 5.75 Å². The monoisotopic (exact) mass is 440 g/mol. The minimum absolute atomic E-state index is 0.0432. The van der Waals surface area contributed by atoms with Crippen molar-refractivity contribution in [1.82, 2.24) is 0 Å². The number of hydrogen-bond donors (Lipinski definition) is 2. The Hall–Kier alpha value is -4.59. The minimum Gasteiger partial charge on any atom is -0.505 e. The Kier molecular flexibility index (Phi) is 5.82. The summed E-state index contributed by atoms with van der Waals surface area (Å²) >= 11 is 0. The van der Waals surface area contributed by atoms with Crippen molar-refractivity contribution < 1.29 is 14.8 Å². The van der Waals surface area contributed by atoms with Crippen molar-refractivity contribution in [2.24, 2.45) is 10.2 Å². The molecule has 0 bridgehead atoms. The first-order chi connectivity index (χ1) is 15.8. The summed E-state index contributed by atoms with van der Waals surface area (Å²) in [5, 5.41) is 34.5. The van der Waals surface area contributed by atoms with Crippen molar-refractivity contribution >= 4 is 39.4 Å². The van der Waals surface area contributed by atoms with Crippen LogP contribution in [0.5, 0.6) is 5.75 Å². The maximum Gasteiger partial charge on any atom is 0.271 e. The second kappa shape index (κ2) is 8.88. The lowest BCUT2D eigenvalue weighted by molar-refractivity contribution is -0.384. The third-order valence-electron chi connectivity index (χ3n) is 5.29. The summed E-state index contributed by atoms with van der Waals surface area (Å²) in [5.74, 6) is -0.817. The number of hydrogen-bond acceptors (Lipinski definition) is 6. The topological polar surface area (TPSA) is 117 Å². The number of aromatic hydroxyl groups is 1. The number of aryl methyl sites for hydroxylation is 2. The van der Waals surface area contributed by atoms with Crippen molar-refractivity contribution in [2.75, 3.05) is 5.32 Å². The Morgan fingerprint density at radius 1 is 0.939 bits per heavy atom. The Balaban J connectivity index is 1.80. The van der Waals surface area contributed by atoms with Gasteiger partial charge in [0.25, 0.3) is 11.6 Å². The number of fused-ring (bicyclic) bond motifs is 1. The molecule has 0 unspecified atom stereocenters. The van der Waals surface area contributed by atoms with E-state index in [1.54, 1.807) is 43.3 Å². The van der Waals surface area contributed by atoms with Gasteiger partial charge in [-0.25, -0.2) is 0 Å². The molecule has 0 atom stereocenters.